The van der Waals surface area contributed by atoms with Gasteiger partial charge in [0.2, 0.25) is 5.91 Å². The normalized spacial score (nSPS) is 16.1. The predicted molar refractivity (Wildman–Crippen MR) is 283 cm³/mol. The van der Waals surface area contributed by atoms with Crippen LogP contribution in [0.1, 0.15) is 148 Å². The van der Waals surface area contributed by atoms with Crippen LogP contribution in [0, 0.1) is 11.3 Å². The van der Waals surface area contributed by atoms with Gasteiger partial charge in [0.25, 0.3) is 0 Å². The summed E-state index contributed by atoms with van der Waals surface area (Å²) in [5, 5.41) is 5.75. The smallest absolute Gasteiger partial charge is 0.235 e. The summed E-state index contributed by atoms with van der Waals surface area (Å²) in [4.78, 5) is 22.2. The minimum Gasteiger partial charge on any atom is -0.483 e. The number of amides is 1. The van der Waals surface area contributed by atoms with Gasteiger partial charge in [-0.3, -0.25) is 4.79 Å². The van der Waals surface area contributed by atoms with Crippen molar-refractivity contribution >= 4 is 55.5 Å². The molecule has 7 nitrogen and oxygen atoms in total. The summed E-state index contributed by atoms with van der Waals surface area (Å²) in [6.07, 6.45) is 5.86. The maximum atomic E-state index is 12.7. The molecule has 2 unspecified atom stereocenters. The first-order valence-electron chi connectivity index (χ1n) is 24.4. The summed E-state index contributed by atoms with van der Waals surface area (Å²) in [6.45, 7) is 32.4. The lowest BCUT2D eigenvalue weighted by atomic mass is 9.80. The molecule has 3 heterocycles. The number of allylic oxidation sites excluding steroid dienone is 2. The van der Waals surface area contributed by atoms with Gasteiger partial charge in [0.05, 0.1) is 40.3 Å². The van der Waals surface area contributed by atoms with Gasteiger partial charge in [-0.15, -0.1) is 0 Å². The first kappa shape index (κ1) is 49.1. The standard InChI is InChI=1S/C21H27NO2.C21H27NO.C18H20N2/c1-20(2,3)13-8-10-17-16(11-13)22-19(23)15-9-7-14(21(4,5)6)12-18(15)24-17;1-14(2)16-7-9-20-19(12-16)18-8-6-17(15(3)4)13-21(18)22(20)10-11-23-5;1-11(2)13-5-7-15-17(9-13)19-16-8-6-14(12(3)4)10-18(16)20-15/h7-12,15,18H,1-6H3,(H,22,23);6-9,12-15H,10-11H2,1-5H3;5-12H,1-4H3. The highest BCUT2D eigenvalue weighted by molar-refractivity contribution is 6.08. The summed E-state index contributed by atoms with van der Waals surface area (Å²) < 4.78 is 14.0. The summed E-state index contributed by atoms with van der Waals surface area (Å²) in [6, 6.07) is 32.7. The number of hydrogen-bond acceptors (Lipinski definition) is 5. The number of fused-ring (bicyclic) bond motifs is 7. The number of carbonyl (C=O) groups excluding carboxylic acids is 1. The van der Waals surface area contributed by atoms with Crippen LogP contribution in [0.5, 0.6) is 5.75 Å². The van der Waals surface area contributed by atoms with Crippen LogP contribution in [0.4, 0.5) is 5.69 Å². The fourth-order valence-electron chi connectivity index (χ4n) is 8.76. The number of nitrogens with zero attached hydrogens (tertiary/aromatic N) is 3. The maximum Gasteiger partial charge on any atom is 0.235 e. The van der Waals surface area contributed by atoms with Gasteiger partial charge in [0.1, 0.15) is 11.9 Å². The van der Waals surface area contributed by atoms with E-state index in [1.165, 1.54) is 55.2 Å². The number of carbonyl (C=O) groups is 1. The largest absolute Gasteiger partial charge is 0.483 e. The highest BCUT2D eigenvalue weighted by atomic mass is 16.5. The van der Waals surface area contributed by atoms with Crippen LogP contribution in [-0.2, 0) is 21.5 Å². The third kappa shape index (κ3) is 11.0. The Bertz CT molecular complexity index is 2900. The zero-order chi connectivity index (χ0) is 48.5. The van der Waals surface area contributed by atoms with E-state index in [0.29, 0.717) is 23.7 Å². The summed E-state index contributed by atoms with van der Waals surface area (Å²) in [5.74, 6) is 2.56. The Labute approximate surface area is 400 Å². The SMILES string of the molecule is CC(C)(C)C1=CC2Oc3ccc(C(C)(C)C)cc3NC(=O)C2C=C1.CC(C)c1ccc2nc3cc(C(C)C)ccc3nc2c1.COCCn1c2ccc(C(C)C)cc2c2ccc(C(C)C)cc21. The van der Waals surface area contributed by atoms with Crippen molar-refractivity contribution in [3.05, 3.63) is 143 Å². The molecule has 0 spiro atoms. The molecule has 0 bridgehead atoms. The number of methoxy groups -OCH3 is 1. The van der Waals surface area contributed by atoms with Crippen molar-refractivity contribution < 1.29 is 14.3 Å². The monoisotopic (exact) mass is 899 g/mol. The molecule has 0 fully saturated rings. The van der Waals surface area contributed by atoms with E-state index < -0.39 is 0 Å². The highest BCUT2D eigenvalue weighted by Gasteiger charge is 2.35. The lowest BCUT2D eigenvalue weighted by Crippen LogP contribution is -2.34. The van der Waals surface area contributed by atoms with Crippen LogP contribution in [-0.4, -0.2) is 40.3 Å². The van der Waals surface area contributed by atoms with Gasteiger partial charge in [-0.1, -0.05) is 145 Å². The Kier molecular flexibility index (Phi) is 14.5. The molecule has 2 aliphatic rings. The van der Waals surface area contributed by atoms with Crippen molar-refractivity contribution in [2.45, 2.75) is 139 Å². The number of benzene rings is 5. The average molecular weight is 899 g/mol. The Hall–Kier alpha value is -5.79. The Balaban J connectivity index is 0.000000150. The number of anilines is 1. The van der Waals surface area contributed by atoms with Crippen molar-refractivity contribution in [1.29, 1.82) is 0 Å². The van der Waals surface area contributed by atoms with Crippen LogP contribution < -0.4 is 10.1 Å². The molecule has 5 aromatic carbocycles. The minimum absolute atomic E-state index is 0.00901. The third-order valence-electron chi connectivity index (χ3n) is 13.3. The molecule has 1 amide bonds. The molecule has 1 aliphatic heterocycles. The Morgan fingerprint density at radius 1 is 0.627 bits per heavy atom. The molecule has 9 rings (SSSR count). The second-order valence-electron chi connectivity index (χ2n) is 21.8. The molecule has 2 atom stereocenters. The molecular weight excluding hydrogens is 825 g/mol. The number of hydrogen-bond donors (Lipinski definition) is 1. The fourth-order valence-corrected chi connectivity index (χ4v) is 8.76. The van der Waals surface area contributed by atoms with Gasteiger partial charge in [0, 0.05) is 35.5 Å². The van der Waals surface area contributed by atoms with Gasteiger partial charge in [-0.2, -0.15) is 0 Å². The molecule has 1 N–H and O–H groups in total. The molecule has 2 aromatic heterocycles. The van der Waals surface area contributed by atoms with Crippen molar-refractivity contribution in [2.24, 2.45) is 11.3 Å². The minimum atomic E-state index is -0.290. The zero-order valence-corrected chi connectivity index (χ0v) is 42.8. The van der Waals surface area contributed by atoms with E-state index in [4.69, 9.17) is 19.4 Å². The lowest BCUT2D eigenvalue weighted by Gasteiger charge is -2.29. The molecule has 7 heteroatoms. The number of rotatable bonds is 7. The predicted octanol–water partition coefficient (Wildman–Crippen LogP) is 15.6. The van der Waals surface area contributed by atoms with Gasteiger partial charge in [0.15, 0.2) is 0 Å². The van der Waals surface area contributed by atoms with E-state index in [0.717, 1.165) is 46.7 Å². The summed E-state index contributed by atoms with van der Waals surface area (Å²) in [5.41, 5.74) is 15.2. The van der Waals surface area contributed by atoms with Gasteiger partial charge < -0.3 is 19.4 Å². The van der Waals surface area contributed by atoms with Gasteiger partial charge in [-0.05, 0) is 129 Å². The molecular formula is C60H74N4O3. The van der Waals surface area contributed by atoms with E-state index >= 15 is 0 Å². The molecule has 7 aromatic rings. The van der Waals surface area contributed by atoms with Crippen LogP contribution >= 0.6 is 0 Å². The first-order chi connectivity index (χ1) is 31.6. The number of nitrogens with one attached hydrogen (secondary N) is 1. The molecule has 0 saturated heterocycles. The zero-order valence-electron chi connectivity index (χ0n) is 42.8. The van der Waals surface area contributed by atoms with Crippen LogP contribution in [0.15, 0.2) is 115 Å². The van der Waals surface area contributed by atoms with Gasteiger partial charge in [-0.25, -0.2) is 9.97 Å². The van der Waals surface area contributed by atoms with Gasteiger partial charge >= 0.3 is 0 Å². The second-order valence-corrected chi connectivity index (χ2v) is 21.8. The Morgan fingerprint density at radius 2 is 1.18 bits per heavy atom. The van der Waals surface area contributed by atoms with Crippen molar-refractivity contribution in [1.82, 2.24) is 14.5 Å². The average Bonchev–Trinajstić information content (AvgIpc) is 3.50. The van der Waals surface area contributed by atoms with Crippen LogP contribution in [0.2, 0.25) is 0 Å². The third-order valence-corrected chi connectivity index (χ3v) is 13.3. The summed E-state index contributed by atoms with van der Waals surface area (Å²) in [7, 11) is 1.77. The molecule has 0 saturated carbocycles. The molecule has 0 radical (unpaired) electrons. The summed E-state index contributed by atoms with van der Waals surface area (Å²) >= 11 is 0. The van der Waals surface area contributed by atoms with E-state index in [1.807, 2.05) is 18.2 Å². The van der Waals surface area contributed by atoms with E-state index in [1.54, 1.807) is 7.11 Å². The Morgan fingerprint density at radius 3 is 1.73 bits per heavy atom. The maximum absolute atomic E-state index is 12.7. The number of aromatic nitrogens is 3. The fraction of sp³-hybridized carbons (Fsp3) is 0.417. The topological polar surface area (TPSA) is 78.3 Å². The molecule has 352 valence electrons. The van der Waals surface area contributed by atoms with Crippen molar-refractivity contribution in [3.8, 4) is 5.75 Å². The quantitative estimate of drug-likeness (QED) is 0.161. The first-order valence-corrected chi connectivity index (χ1v) is 24.4. The highest BCUT2D eigenvalue weighted by Crippen LogP contribution is 2.39. The number of ether oxygens (including phenoxy) is 2. The van der Waals surface area contributed by atoms with E-state index in [9.17, 15) is 4.79 Å². The lowest BCUT2D eigenvalue weighted by molar-refractivity contribution is -0.119. The molecule has 1 aliphatic carbocycles. The van der Waals surface area contributed by atoms with E-state index in [-0.39, 0.29) is 28.8 Å². The van der Waals surface area contributed by atoms with E-state index in [2.05, 4.69) is 198 Å². The molecule has 67 heavy (non-hydrogen) atoms. The van der Waals surface area contributed by atoms with Crippen LogP contribution in [0.3, 0.4) is 0 Å². The van der Waals surface area contributed by atoms with Crippen LogP contribution in [0.25, 0.3) is 43.9 Å². The van der Waals surface area contributed by atoms with Crippen molar-refractivity contribution in [2.75, 3.05) is 19.0 Å². The second kappa shape index (κ2) is 19.8. The van der Waals surface area contributed by atoms with Crippen molar-refractivity contribution in [3.63, 3.8) is 0 Å².